The number of benzene rings is 2. The number of hydrogen-bond donors (Lipinski definition) is 1. The van der Waals surface area contributed by atoms with Crippen LogP contribution < -0.4 is 10.1 Å². The maximum Gasteiger partial charge on any atom is 0.162 e. The molecule has 0 saturated carbocycles. The molecule has 5 heteroatoms. The van der Waals surface area contributed by atoms with Crippen LogP contribution in [0, 0.1) is 0 Å². The molecule has 0 amide bonds. The zero-order valence-electron chi connectivity index (χ0n) is 15.6. The van der Waals surface area contributed by atoms with Gasteiger partial charge in [-0.15, -0.1) is 0 Å². The lowest BCUT2D eigenvalue weighted by Gasteiger charge is -2.17. The molecule has 0 fully saturated rings. The fourth-order valence-electron chi connectivity index (χ4n) is 3.94. The highest BCUT2D eigenvalue weighted by molar-refractivity contribution is 5.90. The van der Waals surface area contributed by atoms with E-state index in [4.69, 9.17) is 14.7 Å². The van der Waals surface area contributed by atoms with Gasteiger partial charge in [0.25, 0.3) is 0 Å². The molecule has 2 aromatic carbocycles. The van der Waals surface area contributed by atoms with E-state index >= 15 is 0 Å². The van der Waals surface area contributed by atoms with Gasteiger partial charge in [-0.3, -0.25) is 4.98 Å². The molecule has 0 aliphatic heterocycles. The summed E-state index contributed by atoms with van der Waals surface area (Å²) in [5.41, 5.74) is 4.45. The van der Waals surface area contributed by atoms with E-state index < -0.39 is 0 Å². The van der Waals surface area contributed by atoms with Gasteiger partial charge in [-0.2, -0.15) is 0 Å². The highest BCUT2D eigenvalue weighted by atomic mass is 16.5. The summed E-state index contributed by atoms with van der Waals surface area (Å²) >= 11 is 0. The molecule has 5 nitrogen and oxygen atoms in total. The van der Waals surface area contributed by atoms with Crippen molar-refractivity contribution in [3.63, 3.8) is 0 Å². The summed E-state index contributed by atoms with van der Waals surface area (Å²) in [5.74, 6) is 2.53. The van der Waals surface area contributed by atoms with Crippen LogP contribution >= 0.6 is 0 Å². The minimum Gasteiger partial charge on any atom is -0.496 e. The quantitative estimate of drug-likeness (QED) is 0.561. The molecule has 138 valence electrons. The van der Waals surface area contributed by atoms with Crippen LogP contribution in [-0.4, -0.2) is 22.1 Å². The summed E-state index contributed by atoms with van der Waals surface area (Å²) in [6.45, 7) is 0. The van der Waals surface area contributed by atoms with E-state index in [-0.39, 0.29) is 6.04 Å². The first-order valence-electron chi connectivity index (χ1n) is 9.43. The molecular weight excluding hydrogens is 348 g/mol. The predicted molar refractivity (Wildman–Crippen MR) is 110 cm³/mol. The molecule has 1 atom stereocenters. The summed E-state index contributed by atoms with van der Waals surface area (Å²) in [5, 5.41) is 4.70. The van der Waals surface area contributed by atoms with E-state index in [2.05, 4.69) is 28.5 Å². The zero-order chi connectivity index (χ0) is 18.9. The number of para-hydroxylation sites is 1. The molecule has 2 aromatic heterocycles. The van der Waals surface area contributed by atoms with E-state index in [0.29, 0.717) is 5.82 Å². The Morgan fingerprint density at radius 1 is 0.964 bits per heavy atom. The number of ether oxygens (including phenoxy) is 1. The summed E-state index contributed by atoms with van der Waals surface area (Å²) in [6, 6.07) is 18.5. The van der Waals surface area contributed by atoms with Gasteiger partial charge in [0, 0.05) is 23.3 Å². The fraction of sp³-hybridized carbons (Fsp3) is 0.174. The first-order valence-corrected chi connectivity index (χ1v) is 9.43. The van der Waals surface area contributed by atoms with Gasteiger partial charge in [0.2, 0.25) is 0 Å². The molecule has 2 heterocycles. The molecule has 1 unspecified atom stereocenters. The second-order valence-electron chi connectivity index (χ2n) is 6.91. The Labute approximate surface area is 163 Å². The summed E-state index contributed by atoms with van der Waals surface area (Å²) in [6.07, 6.45) is 5.54. The second kappa shape index (κ2) is 6.93. The Bertz CT molecular complexity index is 1140. The number of rotatable bonds is 4. The SMILES string of the molecule is COc1cccc2c1CCC2Nc1nc(-c2ccncc2)nc2ccccc12. The van der Waals surface area contributed by atoms with Gasteiger partial charge in [0.15, 0.2) is 5.82 Å². The van der Waals surface area contributed by atoms with E-state index in [0.717, 1.165) is 40.9 Å². The average Bonchev–Trinajstić information content (AvgIpc) is 3.17. The molecule has 1 aliphatic carbocycles. The molecule has 0 bridgehead atoms. The van der Waals surface area contributed by atoms with Crippen LogP contribution in [-0.2, 0) is 6.42 Å². The number of nitrogens with zero attached hydrogens (tertiary/aromatic N) is 3. The number of nitrogens with one attached hydrogen (secondary N) is 1. The molecule has 4 aromatic rings. The number of methoxy groups -OCH3 is 1. The Hall–Kier alpha value is -3.47. The van der Waals surface area contributed by atoms with Crippen molar-refractivity contribution in [2.24, 2.45) is 0 Å². The highest BCUT2D eigenvalue weighted by Gasteiger charge is 2.26. The lowest BCUT2D eigenvalue weighted by atomic mass is 10.1. The Morgan fingerprint density at radius 3 is 2.68 bits per heavy atom. The minimum absolute atomic E-state index is 0.202. The van der Waals surface area contributed by atoms with Crippen molar-refractivity contribution < 1.29 is 4.74 Å². The monoisotopic (exact) mass is 368 g/mol. The maximum atomic E-state index is 5.54. The normalized spacial score (nSPS) is 15.4. The van der Waals surface area contributed by atoms with Gasteiger partial charge in [0.05, 0.1) is 18.7 Å². The van der Waals surface area contributed by atoms with Crippen molar-refractivity contribution in [1.29, 1.82) is 0 Å². The molecule has 0 spiro atoms. The van der Waals surface area contributed by atoms with Gasteiger partial charge in [-0.1, -0.05) is 24.3 Å². The van der Waals surface area contributed by atoms with Crippen LogP contribution in [0.4, 0.5) is 5.82 Å². The van der Waals surface area contributed by atoms with Crippen LogP contribution in [0.1, 0.15) is 23.6 Å². The standard InChI is InChI=1S/C23H20N4O/c1-28-21-8-4-6-16-17(21)9-10-20(16)26-23-18-5-2-3-7-19(18)25-22(27-23)15-11-13-24-14-12-15/h2-8,11-14,20H,9-10H2,1H3,(H,25,26,27). The van der Waals surface area contributed by atoms with Crippen LogP contribution in [0.25, 0.3) is 22.3 Å². The number of fused-ring (bicyclic) bond motifs is 2. The Kier molecular flexibility index (Phi) is 4.13. The lowest BCUT2D eigenvalue weighted by Crippen LogP contribution is -2.10. The first kappa shape index (κ1) is 16.7. The third kappa shape index (κ3) is 2.85. The Morgan fingerprint density at radius 2 is 1.82 bits per heavy atom. The third-order valence-corrected chi connectivity index (χ3v) is 5.30. The van der Waals surface area contributed by atoms with Crippen molar-refractivity contribution in [1.82, 2.24) is 15.0 Å². The molecule has 0 saturated heterocycles. The zero-order valence-corrected chi connectivity index (χ0v) is 15.6. The Balaban J connectivity index is 1.59. The highest BCUT2D eigenvalue weighted by Crippen LogP contribution is 2.39. The number of aromatic nitrogens is 3. The topological polar surface area (TPSA) is 59.9 Å². The van der Waals surface area contributed by atoms with Crippen LogP contribution in [0.3, 0.4) is 0 Å². The van der Waals surface area contributed by atoms with Crippen LogP contribution in [0.15, 0.2) is 67.0 Å². The molecule has 0 radical (unpaired) electrons. The molecule has 1 aliphatic rings. The van der Waals surface area contributed by atoms with Crippen molar-refractivity contribution in [2.45, 2.75) is 18.9 Å². The van der Waals surface area contributed by atoms with Crippen molar-refractivity contribution in [2.75, 3.05) is 12.4 Å². The first-order chi connectivity index (χ1) is 13.8. The molecular formula is C23H20N4O. The molecule has 28 heavy (non-hydrogen) atoms. The second-order valence-corrected chi connectivity index (χ2v) is 6.91. The minimum atomic E-state index is 0.202. The predicted octanol–water partition coefficient (Wildman–Crippen LogP) is 4.80. The maximum absolute atomic E-state index is 5.54. The van der Waals surface area contributed by atoms with Crippen molar-refractivity contribution in [3.8, 4) is 17.1 Å². The molecule has 5 rings (SSSR count). The summed E-state index contributed by atoms with van der Waals surface area (Å²) in [4.78, 5) is 13.7. The van der Waals surface area contributed by atoms with Crippen molar-refractivity contribution >= 4 is 16.7 Å². The number of pyridine rings is 1. The number of anilines is 1. The van der Waals surface area contributed by atoms with E-state index in [1.807, 2.05) is 36.4 Å². The van der Waals surface area contributed by atoms with Gasteiger partial charge in [-0.05, 0) is 54.3 Å². The summed E-state index contributed by atoms with van der Waals surface area (Å²) in [7, 11) is 1.73. The van der Waals surface area contributed by atoms with Gasteiger partial charge in [-0.25, -0.2) is 9.97 Å². The summed E-state index contributed by atoms with van der Waals surface area (Å²) < 4.78 is 5.54. The van der Waals surface area contributed by atoms with Crippen LogP contribution in [0.5, 0.6) is 5.75 Å². The molecule has 1 N–H and O–H groups in total. The van der Waals surface area contributed by atoms with E-state index in [1.54, 1.807) is 19.5 Å². The lowest BCUT2D eigenvalue weighted by molar-refractivity contribution is 0.410. The van der Waals surface area contributed by atoms with Gasteiger partial charge < -0.3 is 10.1 Å². The fourth-order valence-corrected chi connectivity index (χ4v) is 3.94. The largest absolute Gasteiger partial charge is 0.496 e. The van der Waals surface area contributed by atoms with Crippen LogP contribution in [0.2, 0.25) is 0 Å². The smallest absolute Gasteiger partial charge is 0.162 e. The van der Waals surface area contributed by atoms with Crippen molar-refractivity contribution in [3.05, 3.63) is 78.1 Å². The number of hydrogen-bond acceptors (Lipinski definition) is 5. The average molecular weight is 368 g/mol. The van der Waals surface area contributed by atoms with E-state index in [1.165, 1.54) is 11.1 Å². The van der Waals surface area contributed by atoms with E-state index in [9.17, 15) is 0 Å². The third-order valence-electron chi connectivity index (χ3n) is 5.30. The van der Waals surface area contributed by atoms with Gasteiger partial charge >= 0.3 is 0 Å². The van der Waals surface area contributed by atoms with Gasteiger partial charge in [0.1, 0.15) is 11.6 Å².